The number of amides is 4. The van der Waals surface area contributed by atoms with Crippen molar-refractivity contribution < 1.29 is 72.9 Å². The molecule has 3 aliphatic rings. The molecule has 4 amide bonds. The van der Waals surface area contributed by atoms with E-state index in [0.717, 1.165) is 71.1 Å². The summed E-state index contributed by atoms with van der Waals surface area (Å²) in [6.45, 7) is 2.06. The molecule has 2 aromatic heterocycles. The lowest BCUT2D eigenvalue weighted by Crippen LogP contribution is -2.63. The summed E-state index contributed by atoms with van der Waals surface area (Å²) >= 11 is 0. The van der Waals surface area contributed by atoms with E-state index in [9.17, 15) is 59.4 Å². The fourth-order valence-corrected chi connectivity index (χ4v) is 9.73. The summed E-state index contributed by atoms with van der Waals surface area (Å²) in [7, 11) is 0. The molecule has 0 radical (unpaired) electrons. The summed E-state index contributed by atoms with van der Waals surface area (Å²) in [4.78, 5) is 61.9. The molecule has 5 N–H and O–H groups in total. The maximum Gasteiger partial charge on any atom is 0.396 e. The van der Waals surface area contributed by atoms with Gasteiger partial charge in [0.2, 0.25) is 17.7 Å². The minimum Gasteiger partial charge on any atom is -0.390 e. The van der Waals surface area contributed by atoms with Gasteiger partial charge >= 0.3 is 18.9 Å². The van der Waals surface area contributed by atoms with Crippen molar-refractivity contribution in [3.05, 3.63) is 101 Å². The SMILES string of the molecule is CC(=O)NC(C(=O)NC(Cc1ccc(C#Cc2ccc(N3CC4CCC(C3)N4C3COC3)nc2)cc1)C(O)CN(Cc1c(F)cc(-c2ccn(C(F)F)n2)cc1F)NC(=O)C(NC(C)=O)C(C)(C)C(F)(F)F)C(C)(C)C(F)(F)F. The maximum absolute atomic E-state index is 16.0. The number of benzene rings is 2. The number of anilines is 1. The number of hydrogen-bond donors (Lipinski definition) is 5. The zero-order chi connectivity index (χ0) is 57.9. The van der Waals surface area contributed by atoms with Crippen LogP contribution in [0.2, 0.25) is 0 Å². The number of hydrazine groups is 1. The largest absolute Gasteiger partial charge is 0.396 e. The van der Waals surface area contributed by atoms with Crippen molar-refractivity contribution in [2.24, 2.45) is 10.8 Å². The second-order valence-electron chi connectivity index (χ2n) is 21.1. The number of ether oxygens (including phenoxy) is 1. The number of pyridine rings is 1. The Morgan fingerprint density at radius 1 is 0.772 bits per heavy atom. The van der Waals surface area contributed by atoms with Crippen LogP contribution in [0.5, 0.6) is 0 Å². The number of carbonyl (C=O) groups excluding carboxylic acids is 4. The summed E-state index contributed by atoms with van der Waals surface area (Å²) in [6.07, 6.45) is -8.09. The predicted octanol–water partition coefficient (Wildman–Crippen LogP) is 6.18. The van der Waals surface area contributed by atoms with Gasteiger partial charge in [0.1, 0.15) is 29.5 Å². The van der Waals surface area contributed by atoms with Crippen molar-refractivity contribution in [3.8, 4) is 23.1 Å². The lowest BCUT2D eigenvalue weighted by atomic mass is 9.82. The van der Waals surface area contributed by atoms with E-state index in [1.54, 1.807) is 18.3 Å². The number of aromatic nitrogens is 3. The molecule has 2 bridgehead atoms. The van der Waals surface area contributed by atoms with E-state index in [1.165, 1.54) is 12.1 Å². The van der Waals surface area contributed by atoms with E-state index in [4.69, 9.17) is 4.74 Å². The molecule has 0 aliphatic carbocycles. The van der Waals surface area contributed by atoms with Gasteiger partial charge in [0.15, 0.2) is 0 Å². The highest BCUT2D eigenvalue weighted by atomic mass is 19.4. The number of rotatable bonds is 19. The van der Waals surface area contributed by atoms with Gasteiger partial charge in [-0.05, 0) is 95.0 Å². The van der Waals surface area contributed by atoms with E-state index in [-0.39, 0.29) is 15.9 Å². The Hall–Kier alpha value is -6.82. The standard InChI is InChI=1S/C53H60F10N10O6/c1-29(74)65-45(50(3,4)52(58,59)60)47(77)67-42(19-32-10-7-31(8-11-32)9-12-33-13-16-44(64-22-33)70-23-35-14-15-36(24-70)73(35)37-27-79-28-37)43(76)26-71(69-48(78)46(66-30(2)75)51(5,6)53(61,62)63)25-38-39(54)20-34(21-40(38)55)41-17-18-72(68-41)49(56)57/h7-8,10-11,13,16-18,20-22,35-37,42-43,45-46,49,76H,14-15,19,23-28H2,1-6H3,(H,65,74)(H,66,75)(H,67,77)(H,69,78). The van der Waals surface area contributed by atoms with Crippen molar-refractivity contribution in [2.45, 2.75) is 129 Å². The number of piperazine rings is 1. The first-order chi connectivity index (χ1) is 36.9. The highest BCUT2D eigenvalue weighted by Crippen LogP contribution is 2.42. The first-order valence-electron chi connectivity index (χ1n) is 25.1. The molecule has 6 unspecified atom stereocenters. The molecule has 4 aromatic rings. The monoisotopic (exact) mass is 1120 g/mol. The third-order valence-corrected chi connectivity index (χ3v) is 14.6. The molecular formula is C53H60F10N10O6. The van der Waals surface area contributed by atoms with Gasteiger partial charge in [-0.1, -0.05) is 24.0 Å². The zero-order valence-electron chi connectivity index (χ0n) is 43.8. The van der Waals surface area contributed by atoms with Crippen LogP contribution >= 0.6 is 0 Å². The zero-order valence-corrected chi connectivity index (χ0v) is 43.8. The summed E-state index contributed by atoms with van der Waals surface area (Å²) in [5.74, 6) is -1.11. The van der Waals surface area contributed by atoms with Crippen molar-refractivity contribution >= 4 is 29.4 Å². The predicted molar refractivity (Wildman–Crippen MR) is 266 cm³/mol. The summed E-state index contributed by atoms with van der Waals surface area (Å²) < 4.78 is 151. The van der Waals surface area contributed by atoms with Crippen LogP contribution in [0.15, 0.2) is 67.0 Å². The van der Waals surface area contributed by atoms with Crippen LogP contribution in [0, 0.1) is 34.3 Å². The number of halogens is 10. The Balaban J connectivity index is 1.17. The Kier molecular flexibility index (Phi) is 18.1. The number of nitrogens with one attached hydrogen (secondary N) is 4. The molecule has 3 aliphatic heterocycles. The van der Waals surface area contributed by atoms with E-state index in [0.29, 0.717) is 79.7 Å². The van der Waals surface area contributed by atoms with Gasteiger partial charge in [0.05, 0.1) is 47.9 Å². The molecule has 0 spiro atoms. The third kappa shape index (κ3) is 14.0. The van der Waals surface area contributed by atoms with Crippen LogP contribution in [0.4, 0.5) is 49.7 Å². The second-order valence-corrected chi connectivity index (χ2v) is 21.1. The van der Waals surface area contributed by atoms with E-state index >= 15 is 8.78 Å². The molecule has 3 fully saturated rings. The van der Waals surface area contributed by atoms with Gasteiger partial charge in [-0.15, -0.1) is 0 Å². The van der Waals surface area contributed by atoms with E-state index < -0.39 is 114 Å². The number of aliphatic hydroxyl groups excluding tert-OH is 1. The van der Waals surface area contributed by atoms with Crippen molar-refractivity contribution in [1.29, 1.82) is 0 Å². The molecule has 26 heteroatoms. The van der Waals surface area contributed by atoms with Gasteiger partial charge in [-0.3, -0.25) is 29.5 Å². The number of hydrogen-bond acceptors (Lipinski definition) is 11. The fourth-order valence-electron chi connectivity index (χ4n) is 9.73. The Bertz CT molecular complexity index is 2870. The lowest BCUT2D eigenvalue weighted by Gasteiger charge is -2.47. The number of alkyl halides is 8. The number of aliphatic hydroxyl groups is 1. The van der Waals surface area contributed by atoms with Gasteiger partial charge < -0.3 is 30.7 Å². The topological polar surface area (TPSA) is 186 Å². The number of nitrogens with zero attached hydrogens (tertiary/aromatic N) is 6. The number of carbonyl (C=O) groups is 4. The van der Waals surface area contributed by atoms with Gasteiger partial charge in [0.25, 0.3) is 5.91 Å². The quantitative estimate of drug-likeness (QED) is 0.0411. The van der Waals surface area contributed by atoms with Crippen molar-refractivity contribution in [3.63, 3.8) is 0 Å². The van der Waals surface area contributed by atoms with Crippen LogP contribution in [-0.2, 0) is 36.9 Å². The number of fused-ring (bicyclic) bond motifs is 2. The highest BCUT2D eigenvalue weighted by Gasteiger charge is 2.57. The van der Waals surface area contributed by atoms with Crippen LogP contribution < -0.4 is 26.3 Å². The van der Waals surface area contributed by atoms with E-state index in [2.05, 4.69) is 42.5 Å². The van der Waals surface area contributed by atoms with Crippen molar-refractivity contribution in [1.82, 2.24) is 46.0 Å². The first kappa shape index (κ1) is 59.8. The van der Waals surface area contributed by atoms with Crippen LogP contribution in [0.3, 0.4) is 0 Å². The molecule has 16 nitrogen and oxygen atoms in total. The molecule has 0 saturated carbocycles. The normalized spacial score (nSPS) is 18.7. The molecule has 3 saturated heterocycles. The Morgan fingerprint density at radius 2 is 1.32 bits per heavy atom. The summed E-state index contributed by atoms with van der Waals surface area (Å²) in [5.41, 5.74) is -4.05. The fraction of sp³-hybridized carbons (Fsp3) is 0.509. The average molecular weight is 1120 g/mol. The maximum atomic E-state index is 16.0. The molecule has 7 rings (SSSR count). The molecular weight excluding hydrogens is 1060 g/mol. The average Bonchev–Trinajstić information content (AvgIpc) is 4.03. The smallest absolute Gasteiger partial charge is 0.390 e. The summed E-state index contributed by atoms with van der Waals surface area (Å²) in [5, 5.41) is 22.4. The Morgan fingerprint density at radius 3 is 1.80 bits per heavy atom. The minimum atomic E-state index is -5.16. The Labute approximate surface area is 448 Å². The van der Waals surface area contributed by atoms with Gasteiger partial charge in [-0.2, -0.15) is 40.2 Å². The second kappa shape index (κ2) is 23.9. The minimum absolute atomic E-state index is 0.210. The third-order valence-electron chi connectivity index (χ3n) is 14.6. The molecule has 6 atom stereocenters. The van der Waals surface area contributed by atoms with Gasteiger partial charge in [0, 0.05) is 86.8 Å². The van der Waals surface area contributed by atoms with Crippen molar-refractivity contribution in [2.75, 3.05) is 37.7 Å². The van der Waals surface area contributed by atoms with E-state index in [1.807, 2.05) is 22.8 Å². The molecule has 2 aromatic carbocycles. The van der Waals surface area contributed by atoms with Crippen LogP contribution in [0.25, 0.3) is 11.3 Å². The lowest BCUT2D eigenvalue weighted by molar-refractivity contribution is -0.222. The van der Waals surface area contributed by atoms with Crippen LogP contribution in [0.1, 0.15) is 83.2 Å². The van der Waals surface area contributed by atoms with Crippen LogP contribution in [-0.4, -0.2) is 141 Å². The highest BCUT2D eigenvalue weighted by molar-refractivity contribution is 5.88. The molecule has 5 heterocycles. The summed E-state index contributed by atoms with van der Waals surface area (Å²) in [6, 6.07) is 7.13. The first-order valence-corrected chi connectivity index (χ1v) is 25.1. The molecule has 428 valence electrons. The van der Waals surface area contributed by atoms with Gasteiger partial charge in [-0.25, -0.2) is 23.5 Å². The molecule has 79 heavy (non-hydrogen) atoms.